The summed E-state index contributed by atoms with van der Waals surface area (Å²) in [6.45, 7) is 5.33. The molecule has 0 aromatic heterocycles. The molecule has 0 aromatic carbocycles. The first-order valence-electron chi connectivity index (χ1n) is 5.43. The average molecular weight is 231 g/mol. The van der Waals surface area contributed by atoms with Crippen LogP contribution in [0.5, 0.6) is 0 Å². The molecule has 0 saturated heterocycles. The molecular formula is C10H21N3O3. The maximum atomic E-state index is 11.3. The maximum absolute atomic E-state index is 11.3. The molecule has 0 radical (unpaired) electrons. The highest BCUT2D eigenvalue weighted by Gasteiger charge is 2.09. The minimum atomic E-state index is -0.166. The third-order valence-corrected chi connectivity index (χ3v) is 2.12. The lowest BCUT2D eigenvalue weighted by molar-refractivity contribution is -0.121. The van der Waals surface area contributed by atoms with Crippen LogP contribution in [0.1, 0.15) is 26.7 Å². The molecule has 0 spiro atoms. The van der Waals surface area contributed by atoms with E-state index < -0.39 is 0 Å². The summed E-state index contributed by atoms with van der Waals surface area (Å²) in [5.74, 6) is -0.0900. The Morgan fingerprint density at radius 3 is 2.88 bits per heavy atom. The lowest BCUT2D eigenvalue weighted by Gasteiger charge is -2.10. The third-order valence-electron chi connectivity index (χ3n) is 2.12. The highest BCUT2D eigenvalue weighted by molar-refractivity contribution is 5.83. The van der Waals surface area contributed by atoms with Crippen LogP contribution < -0.4 is 11.1 Å². The fraction of sp³-hybridized carbons (Fsp3) is 0.800. The van der Waals surface area contributed by atoms with Crippen molar-refractivity contribution in [2.75, 3.05) is 19.8 Å². The number of ether oxygens (including phenoxy) is 1. The summed E-state index contributed by atoms with van der Waals surface area (Å²) in [7, 11) is 0. The Balaban J connectivity index is 3.57. The summed E-state index contributed by atoms with van der Waals surface area (Å²) in [6.07, 6.45) is 1.14. The van der Waals surface area contributed by atoms with Gasteiger partial charge in [-0.25, -0.2) is 0 Å². The van der Waals surface area contributed by atoms with Crippen molar-refractivity contribution in [1.29, 1.82) is 0 Å². The predicted molar refractivity (Wildman–Crippen MR) is 61.3 cm³/mol. The number of oxime groups is 1. The average Bonchev–Trinajstić information content (AvgIpc) is 2.30. The molecule has 4 N–H and O–H groups in total. The number of nitrogens with one attached hydrogen (secondary N) is 1. The van der Waals surface area contributed by atoms with Gasteiger partial charge >= 0.3 is 0 Å². The molecule has 94 valence electrons. The van der Waals surface area contributed by atoms with Crippen molar-refractivity contribution < 1.29 is 14.7 Å². The van der Waals surface area contributed by atoms with Crippen molar-refractivity contribution in [3.05, 3.63) is 0 Å². The monoisotopic (exact) mass is 231 g/mol. The Labute approximate surface area is 95.8 Å². The van der Waals surface area contributed by atoms with E-state index in [9.17, 15) is 4.79 Å². The molecule has 1 amide bonds. The van der Waals surface area contributed by atoms with Crippen LogP contribution in [0.2, 0.25) is 0 Å². The zero-order chi connectivity index (χ0) is 12.4. The summed E-state index contributed by atoms with van der Waals surface area (Å²) in [5.41, 5.74) is 5.37. The van der Waals surface area contributed by atoms with Crippen LogP contribution in [0.4, 0.5) is 0 Å². The lowest BCUT2D eigenvalue weighted by Crippen LogP contribution is -2.34. The van der Waals surface area contributed by atoms with Crippen molar-refractivity contribution in [3.63, 3.8) is 0 Å². The topological polar surface area (TPSA) is 96.9 Å². The third kappa shape index (κ3) is 7.05. The van der Waals surface area contributed by atoms with E-state index in [0.29, 0.717) is 32.6 Å². The molecule has 0 heterocycles. The molecule has 0 aliphatic heterocycles. The van der Waals surface area contributed by atoms with E-state index in [0.717, 1.165) is 0 Å². The van der Waals surface area contributed by atoms with Gasteiger partial charge in [0.05, 0.1) is 0 Å². The second kappa shape index (κ2) is 8.96. The standard InChI is InChI=1S/C10H21N3O3/c1-3-16-6-4-5-9(14)12-7-8(2)10(11)13-15/h8,15H,3-7H2,1-2H3,(H2,11,13)(H,12,14). The number of amidine groups is 1. The minimum absolute atomic E-state index is 0.0442. The maximum Gasteiger partial charge on any atom is 0.220 e. The lowest BCUT2D eigenvalue weighted by atomic mass is 10.1. The van der Waals surface area contributed by atoms with Gasteiger partial charge in [-0.3, -0.25) is 4.79 Å². The van der Waals surface area contributed by atoms with Gasteiger partial charge in [0.25, 0.3) is 0 Å². The Kier molecular flexibility index (Phi) is 8.24. The summed E-state index contributed by atoms with van der Waals surface area (Å²) in [6, 6.07) is 0. The molecule has 6 heteroatoms. The van der Waals surface area contributed by atoms with E-state index in [1.807, 2.05) is 6.92 Å². The van der Waals surface area contributed by atoms with Gasteiger partial charge in [0.2, 0.25) is 5.91 Å². The Bertz CT molecular complexity index is 231. The van der Waals surface area contributed by atoms with Crippen LogP contribution in [0.3, 0.4) is 0 Å². The van der Waals surface area contributed by atoms with Gasteiger partial charge in [0.15, 0.2) is 0 Å². The number of hydrogen-bond donors (Lipinski definition) is 3. The number of nitrogens with two attached hydrogens (primary N) is 1. The Hall–Kier alpha value is -1.30. The number of rotatable bonds is 8. The highest BCUT2D eigenvalue weighted by Crippen LogP contribution is 1.94. The van der Waals surface area contributed by atoms with Gasteiger partial charge in [-0.2, -0.15) is 0 Å². The van der Waals surface area contributed by atoms with Gasteiger partial charge in [0, 0.05) is 32.1 Å². The second-order valence-electron chi connectivity index (χ2n) is 3.53. The molecule has 6 nitrogen and oxygen atoms in total. The van der Waals surface area contributed by atoms with E-state index in [-0.39, 0.29) is 17.7 Å². The van der Waals surface area contributed by atoms with Gasteiger partial charge < -0.3 is 21.0 Å². The van der Waals surface area contributed by atoms with Gasteiger partial charge in [-0.15, -0.1) is 0 Å². The first-order chi connectivity index (χ1) is 7.61. The number of carbonyl (C=O) groups excluding carboxylic acids is 1. The van der Waals surface area contributed by atoms with Crippen LogP contribution >= 0.6 is 0 Å². The van der Waals surface area contributed by atoms with E-state index in [1.54, 1.807) is 6.92 Å². The number of hydrogen-bond acceptors (Lipinski definition) is 4. The van der Waals surface area contributed by atoms with E-state index in [4.69, 9.17) is 15.7 Å². The van der Waals surface area contributed by atoms with Gasteiger partial charge in [-0.05, 0) is 13.3 Å². The van der Waals surface area contributed by atoms with Crippen molar-refractivity contribution in [1.82, 2.24) is 5.32 Å². The smallest absolute Gasteiger partial charge is 0.220 e. The number of amides is 1. The zero-order valence-electron chi connectivity index (χ0n) is 9.90. The van der Waals surface area contributed by atoms with E-state index in [2.05, 4.69) is 10.5 Å². The van der Waals surface area contributed by atoms with Crippen LogP contribution in [0.25, 0.3) is 0 Å². The summed E-state index contributed by atoms with van der Waals surface area (Å²) in [5, 5.41) is 14.0. The van der Waals surface area contributed by atoms with Crippen molar-refractivity contribution in [2.45, 2.75) is 26.7 Å². The molecule has 0 aliphatic carbocycles. The Morgan fingerprint density at radius 2 is 2.31 bits per heavy atom. The van der Waals surface area contributed by atoms with Crippen molar-refractivity contribution >= 4 is 11.7 Å². The summed E-state index contributed by atoms with van der Waals surface area (Å²) < 4.78 is 5.11. The number of nitrogens with zero attached hydrogens (tertiary/aromatic N) is 1. The quantitative estimate of drug-likeness (QED) is 0.184. The first kappa shape index (κ1) is 14.7. The van der Waals surface area contributed by atoms with Gasteiger partial charge in [0.1, 0.15) is 5.84 Å². The summed E-state index contributed by atoms with van der Waals surface area (Å²) >= 11 is 0. The van der Waals surface area contributed by atoms with Crippen LogP contribution in [0, 0.1) is 5.92 Å². The molecule has 0 aromatic rings. The van der Waals surface area contributed by atoms with Crippen LogP contribution in [-0.2, 0) is 9.53 Å². The summed E-state index contributed by atoms with van der Waals surface area (Å²) in [4.78, 5) is 11.3. The molecule has 0 saturated carbocycles. The fourth-order valence-corrected chi connectivity index (χ4v) is 1.04. The predicted octanol–water partition coefficient (Wildman–Crippen LogP) is 0.302. The molecular weight excluding hydrogens is 210 g/mol. The molecule has 0 aliphatic rings. The SMILES string of the molecule is CCOCCCC(=O)NCC(C)C(N)=NO. The largest absolute Gasteiger partial charge is 0.409 e. The second-order valence-corrected chi connectivity index (χ2v) is 3.53. The first-order valence-corrected chi connectivity index (χ1v) is 5.43. The molecule has 1 unspecified atom stereocenters. The fourth-order valence-electron chi connectivity index (χ4n) is 1.04. The van der Waals surface area contributed by atoms with Crippen LogP contribution in [-0.4, -0.2) is 36.7 Å². The van der Waals surface area contributed by atoms with E-state index >= 15 is 0 Å². The normalized spacial score (nSPS) is 13.5. The van der Waals surface area contributed by atoms with Gasteiger partial charge in [-0.1, -0.05) is 12.1 Å². The molecule has 16 heavy (non-hydrogen) atoms. The van der Waals surface area contributed by atoms with Crippen molar-refractivity contribution in [2.24, 2.45) is 16.8 Å². The molecule has 1 atom stereocenters. The highest BCUT2D eigenvalue weighted by atomic mass is 16.5. The Morgan fingerprint density at radius 1 is 1.62 bits per heavy atom. The van der Waals surface area contributed by atoms with Crippen molar-refractivity contribution in [3.8, 4) is 0 Å². The molecule has 0 bridgehead atoms. The zero-order valence-corrected chi connectivity index (χ0v) is 9.90. The van der Waals surface area contributed by atoms with Crippen LogP contribution in [0.15, 0.2) is 5.16 Å². The van der Waals surface area contributed by atoms with E-state index in [1.165, 1.54) is 0 Å². The number of carbonyl (C=O) groups is 1. The molecule has 0 rings (SSSR count). The molecule has 0 fully saturated rings. The minimum Gasteiger partial charge on any atom is -0.409 e.